The second-order valence-electron chi connectivity index (χ2n) is 12.8. The SMILES string of the molecule is CCCCCCCC(=O)OCC(=O)C1(O)Cc2c(O)c3c(c(O)c2C(O[C@H]2C[C@H](N)[C@H](O)[C@H](C)O2)C1)C(=O)c1c(OC)cccc1C3=O. The normalized spacial score (nSPS) is 26.3. The zero-order valence-corrected chi connectivity index (χ0v) is 27.3. The van der Waals surface area contributed by atoms with Crippen molar-refractivity contribution in [2.75, 3.05) is 13.7 Å². The number of carbonyl (C=O) groups is 4. The van der Waals surface area contributed by atoms with E-state index in [1.165, 1.54) is 25.3 Å². The van der Waals surface area contributed by atoms with Crippen LogP contribution in [0, 0.1) is 0 Å². The number of hydrogen-bond donors (Lipinski definition) is 5. The molecule has 6 atom stereocenters. The lowest BCUT2D eigenvalue weighted by Crippen LogP contribution is -2.53. The largest absolute Gasteiger partial charge is 0.507 e. The summed E-state index contributed by atoms with van der Waals surface area (Å²) in [7, 11) is 1.33. The molecule has 0 bridgehead atoms. The molecule has 6 N–H and O–H groups in total. The maximum Gasteiger partial charge on any atom is 0.306 e. The van der Waals surface area contributed by atoms with E-state index in [0.29, 0.717) is 6.42 Å². The number of aromatic hydroxyl groups is 2. The number of Topliss-reactive ketones (excluding diaryl/α,β-unsaturated/α-hetero) is 1. The lowest BCUT2D eigenvalue weighted by atomic mass is 9.72. The van der Waals surface area contributed by atoms with E-state index in [1.807, 2.05) is 0 Å². The number of aliphatic hydroxyl groups is 2. The molecule has 1 aliphatic heterocycles. The maximum absolute atomic E-state index is 13.9. The number of aliphatic hydroxyl groups excluding tert-OH is 1. The van der Waals surface area contributed by atoms with Crippen LogP contribution < -0.4 is 10.5 Å². The Hall–Kier alpha value is -3.88. The minimum atomic E-state index is -2.29. The smallest absolute Gasteiger partial charge is 0.306 e. The summed E-state index contributed by atoms with van der Waals surface area (Å²) in [5, 5.41) is 45.4. The van der Waals surface area contributed by atoms with E-state index < -0.39 is 102 Å². The van der Waals surface area contributed by atoms with Gasteiger partial charge in [-0.2, -0.15) is 0 Å². The van der Waals surface area contributed by atoms with Crippen LogP contribution in [0.1, 0.15) is 114 Å². The Morgan fingerprint density at radius 2 is 1.75 bits per heavy atom. The van der Waals surface area contributed by atoms with Crippen molar-refractivity contribution >= 4 is 23.3 Å². The first-order valence-electron chi connectivity index (χ1n) is 16.4. The first-order valence-corrected chi connectivity index (χ1v) is 16.4. The zero-order chi connectivity index (χ0) is 34.9. The van der Waals surface area contributed by atoms with E-state index in [4.69, 9.17) is 24.7 Å². The average molecular weight is 670 g/mol. The van der Waals surface area contributed by atoms with Gasteiger partial charge in [0.15, 0.2) is 18.7 Å². The van der Waals surface area contributed by atoms with E-state index >= 15 is 0 Å². The summed E-state index contributed by atoms with van der Waals surface area (Å²) in [5.41, 5.74) is 2.37. The molecule has 0 amide bonds. The van der Waals surface area contributed by atoms with Crippen LogP contribution in [0.25, 0.3) is 0 Å². The Labute approximate surface area is 277 Å². The third kappa shape index (κ3) is 6.57. The van der Waals surface area contributed by atoms with Gasteiger partial charge in [-0.15, -0.1) is 0 Å². The lowest BCUT2D eigenvalue weighted by Gasteiger charge is -2.42. The predicted molar refractivity (Wildman–Crippen MR) is 169 cm³/mol. The summed E-state index contributed by atoms with van der Waals surface area (Å²) in [5.74, 6) is -4.33. The first kappa shape index (κ1) is 35.4. The number of rotatable bonds is 12. The fourth-order valence-corrected chi connectivity index (χ4v) is 6.83. The number of esters is 1. The van der Waals surface area contributed by atoms with Crippen molar-refractivity contribution in [3.05, 3.63) is 51.6 Å². The number of unbranched alkanes of at least 4 members (excludes halogenated alkanes) is 4. The molecule has 2 aromatic carbocycles. The molecule has 5 rings (SSSR count). The van der Waals surface area contributed by atoms with Crippen LogP contribution in [0.15, 0.2) is 18.2 Å². The van der Waals surface area contributed by atoms with Gasteiger partial charge in [0.05, 0.1) is 42.1 Å². The molecule has 260 valence electrons. The highest BCUT2D eigenvalue weighted by Gasteiger charge is 2.50. The van der Waals surface area contributed by atoms with Crippen molar-refractivity contribution in [1.82, 2.24) is 0 Å². The molecule has 2 aromatic rings. The molecule has 0 saturated carbocycles. The van der Waals surface area contributed by atoms with E-state index in [-0.39, 0.29) is 40.8 Å². The number of phenols is 2. The number of carbonyl (C=O) groups excluding carboxylic acids is 4. The van der Waals surface area contributed by atoms with Gasteiger partial charge in [-0.25, -0.2) is 0 Å². The van der Waals surface area contributed by atoms with Crippen LogP contribution >= 0.6 is 0 Å². The molecule has 13 heteroatoms. The Balaban J connectivity index is 1.51. The third-order valence-corrected chi connectivity index (χ3v) is 9.51. The highest BCUT2D eigenvalue weighted by atomic mass is 16.7. The molecular weight excluding hydrogens is 626 g/mol. The zero-order valence-electron chi connectivity index (χ0n) is 27.3. The van der Waals surface area contributed by atoms with Crippen molar-refractivity contribution < 1.29 is 58.6 Å². The summed E-state index contributed by atoms with van der Waals surface area (Å²) in [4.78, 5) is 53.5. The van der Waals surface area contributed by atoms with Gasteiger partial charge in [0.1, 0.15) is 22.8 Å². The van der Waals surface area contributed by atoms with E-state index in [2.05, 4.69) is 6.92 Å². The fourth-order valence-electron chi connectivity index (χ4n) is 6.83. The van der Waals surface area contributed by atoms with Crippen LogP contribution in [0.3, 0.4) is 0 Å². The van der Waals surface area contributed by atoms with Gasteiger partial charge >= 0.3 is 5.97 Å². The Bertz CT molecular complexity index is 1590. The number of fused-ring (bicyclic) bond motifs is 3. The van der Waals surface area contributed by atoms with Gasteiger partial charge in [-0.1, -0.05) is 44.7 Å². The summed E-state index contributed by atoms with van der Waals surface area (Å²) >= 11 is 0. The standard InChI is InChI=1S/C35H43NO12/c1-4-5-6-7-8-12-24(38)46-16-23(37)35(44)14-19-27(22(15-35)48-25-13-20(36)30(39)17(2)47-25)34(43)29-28(32(19)41)31(40)18-10-9-11-21(45-3)26(18)33(29)42/h9-11,17,20,22,25,30,39,41,43-44H,4-8,12-16,36H2,1-3H3/t17-,20-,22?,25-,30+,35?/m0/s1. The molecule has 1 heterocycles. The second-order valence-corrected chi connectivity index (χ2v) is 12.8. The summed E-state index contributed by atoms with van der Waals surface area (Å²) in [6, 6.07) is 3.63. The molecule has 13 nitrogen and oxygen atoms in total. The average Bonchev–Trinajstić information content (AvgIpc) is 3.05. The minimum Gasteiger partial charge on any atom is -0.507 e. The topological polar surface area (TPSA) is 212 Å². The van der Waals surface area contributed by atoms with Crippen molar-refractivity contribution in [1.29, 1.82) is 0 Å². The maximum atomic E-state index is 13.9. The van der Waals surface area contributed by atoms with Crippen LogP contribution in [0.2, 0.25) is 0 Å². The quantitative estimate of drug-likeness (QED) is 0.107. The molecule has 1 saturated heterocycles. The van der Waals surface area contributed by atoms with E-state index in [0.717, 1.165) is 25.7 Å². The highest BCUT2D eigenvalue weighted by molar-refractivity contribution is 6.31. The molecule has 0 spiro atoms. The Morgan fingerprint density at radius 1 is 1.04 bits per heavy atom. The number of benzene rings is 2. The number of hydrogen-bond acceptors (Lipinski definition) is 13. The molecular formula is C35H43NO12. The molecule has 48 heavy (non-hydrogen) atoms. The Kier molecular flexibility index (Phi) is 10.6. The van der Waals surface area contributed by atoms with Crippen molar-refractivity contribution in [3.63, 3.8) is 0 Å². The molecule has 1 fully saturated rings. The fraction of sp³-hybridized carbons (Fsp3) is 0.543. The number of ketones is 3. The third-order valence-electron chi connectivity index (χ3n) is 9.51. The molecule has 2 unspecified atom stereocenters. The van der Waals surface area contributed by atoms with Gasteiger partial charge in [0, 0.05) is 48.4 Å². The molecule has 0 radical (unpaired) electrons. The number of methoxy groups -OCH3 is 1. The predicted octanol–water partition coefficient (Wildman–Crippen LogP) is 2.91. The van der Waals surface area contributed by atoms with Crippen LogP contribution in [-0.4, -0.2) is 87.6 Å². The number of nitrogens with two attached hydrogens (primary N) is 1. The number of phenolic OH excluding ortho intramolecular Hbond substituents is 2. The van der Waals surface area contributed by atoms with Crippen molar-refractivity contribution in [2.45, 2.75) is 108 Å². The van der Waals surface area contributed by atoms with E-state index in [1.54, 1.807) is 6.92 Å². The number of ether oxygens (including phenoxy) is 4. The summed E-state index contributed by atoms with van der Waals surface area (Å²) in [6.07, 6.45) is -0.679. The molecule has 0 aromatic heterocycles. The van der Waals surface area contributed by atoms with E-state index in [9.17, 15) is 39.6 Å². The van der Waals surface area contributed by atoms with Crippen molar-refractivity contribution in [3.8, 4) is 17.2 Å². The summed E-state index contributed by atoms with van der Waals surface area (Å²) in [6.45, 7) is 2.90. The lowest BCUT2D eigenvalue weighted by molar-refractivity contribution is -0.247. The summed E-state index contributed by atoms with van der Waals surface area (Å²) < 4.78 is 22.5. The van der Waals surface area contributed by atoms with Crippen LogP contribution in [0.4, 0.5) is 0 Å². The van der Waals surface area contributed by atoms with Gasteiger partial charge in [0.2, 0.25) is 11.6 Å². The molecule has 3 aliphatic rings. The van der Waals surface area contributed by atoms with Gasteiger partial charge in [-0.3, -0.25) is 19.2 Å². The van der Waals surface area contributed by atoms with Crippen molar-refractivity contribution in [2.24, 2.45) is 5.73 Å². The first-order chi connectivity index (χ1) is 22.8. The van der Waals surface area contributed by atoms with Crippen LogP contribution in [-0.2, 0) is 30.2 Å². The highest BCUT2D eigenvalue weighted by Crippen LogP contribution is 2.52. The van der Waals surface area contributed by atoms with Gasteiger partial charge in [0.25, 0.3) is 0 Å². The van der Waals surface area contributed by atoms with Gasteiger partial charge in [-0.05, 0) is 19.4 Å². The second kappa shape index (κ2) is 14.3. The molecule has 2 aliphatic carbocycles. The monoisotopic (exact) mass is 669 g/mol. The van der Waals surface area contributed by atoms with Gasteiger partial charge < -0.3 is 45.1 Å². The Morgan fingerprint density at radius 3 is 2.44 bits per heavy atom. The van der Waals surface area contributed by atoms with Crippen LogP contribution in [0.5, 0.6) is 17.2 Å². The minimum absolute atomic E-state index is 0.000735.